The van der Waals surface area contributed by atoms with Crippen LogP contribution in [-0.2, 0) is 0 Å². The SMILES string of the molecule is CC1CCNC(C)(C)CN1C/C=C/Cl. The van der Waals surface area contributed by atoms with E-state index in [0.717, 1.165) is 19.6 Å². The first-order valence-electron chi connectivity index (χ1n) is 5.29. The molecule has 1 aliphatic heterocycles. The third-order valence-electron chi connectivity index (χ3n) is 2.82. The summed E-state index contributed by atoms with van der Waals surface area (Å²) in [6.07, 6.45) is 3.22. The molecule has 1 rings (SSSR count). The van der Waals surface area contributed by atoms with Gasteiger partial charge in [0.05, 0.1) is 0 Å². The molecule has 2 nitrogen and oxygen atoms in total. The summed E-state index contributed by atoms with van der Waals surface area (Å²) in [4.78, 5) is 2.47. The van der Waals surface area contributed by atoms with E-state index in [1.165, 1.54) is 6.42 Å². The van der Waals surface area contributed by atoms with Crippen molar-refractivity contribution in [3.63, 3.8) is 0 Å². The van der Waals surface area contributed by atoms with Gasteiger partial charge in [0, 0.05) is 30.2 Å². The van der Waals surface area contributed by atoms with Gasteiger partial charge in [-0.15, -0.1) is 0 Å². The summed E-state index contributed by atoms with van der Waals surface area (Å²) >= 11 is 5.56. The summed E-state index contributed by atoms with van der Waals surface area (Å²) < 4.78 is 0. The van der Waals surface area contributed by atoms with Crippen molar-refractivity contribution in [3.05, 3.63) is 11.6 Å². The van der Waals surface area contributed by atoms with E-state index >= 15 is 0 Å². The molecule has 82 valence electrons. The van der Waals surface area contributed by atoms with E-state index in [1.807, 2.05) is 6.08 Å². The Kier molecular flexibility index (Phi) is 4.42. The van der Waals surface area contributed by atoms with Gasteiger partial charge in [-0.25, -0.2) is 0 Å². The summed E-state index contributed by atoms with van der Waals surface area (Å²) in [6, 6.07) is 0.636. The van der Waals surface area contributed by atoms with Crippen LogP contribution in [0, 0.1) is 0 Å². The van der Waals surface area contributed by atoms with E-state index in [9.17, 15) is 0 Å². The lowest BCUT2D eigenvalue weighted by molar-refractivity contribution is 0.200. The Bertz CT molecular complexity index is 201. The summed E-state index contributed by atoms with van der Waals surface area (Å²) in [5, 5.41) is 3.56. The van der Waals surface area contributed by atoms with Crippen LogP contribution in [0.15, 0.2) is 11.6 Å². The molecule has 1 N–H and O–H groups in total. The third kappa shape index (κ3) is 3.60. The molecule has 0 radical (unpaired) electrons. The Morgan fingerprint density at radius 2 is 2.29 bits per heavy atom. The van der Waals surface area contributed by atoms with Crippen LogP contribution in [0.5, 0.6) is 0 Å². The Balaban J connectivity index is 2.59. The maximum Gasteiger partial charge on any atom is 0.0252 e. The molecule has 0 amide bonds. The van der Waals surface area contributed by atoms with Crippen LogP contribution in [0.25, 0.3) is 0 Å². The van der Waals surface area contributed by atoms with Crippen LogP contribution < -0.4 is 5.32 Å². The molecule has 3 heteroatoms. The number of hydrogen-bond acceptors (Lipinski definition) is 2. The van der Waals surface area contributed by atoms with Crippen LogP contribution in [0.4, 0.5) is 0 Å². The maximum atomic E-state index is 5.56. The van der Waals surface area contributed by atoms with E-state index in [1.54, 1.807) is 5.54 Å². The molecule has 0 bridgehead atoms. The first kappa shape index (κ1) is 12.0. The van der Waals surface area contributed by atoms with Gasteiger partial charge in [-0.05, 0) is 33.7 Å². The normalized spacial score (nSPS) is 29.3. The Morgan fingerprint density at radius 1 is 1.57 bits per heavy atom. The van der Waals surface area contributed by atoms with Crippen molar-refractivity contribution in [2.24, 2.45) is 0 Å². The van der Waals surface area contributed by atoms with Gasteiger partial charge in [-0.2, -0.15) is 0 Å². The van der Waals surface area contributed by atoms with Crippen LogP contribution in [0.3, 0.4) is 0 Å². The largest absolute Gasteiger partial charge is 0.310 e. The van der Waals surface area contributed by atoms with E-state index in [2.05, 4.69) is 31.0 Å². The van der Waals surface area contributed by atoms with Gasteiger partial charge in [0.15, 0.2) is 0 Å². The van der Waals surface area contributed by atoms with E-state index in [4.69, 9.17) is 11.6 Å². The van der Waals surface area contributed by atoms with E-state index in [0.29, 0.717) is 6.04 Å². The lowest BCUT2D eigenvalue weighted by atomic mass is 10.1. The Hall–Kier alpha value is -0.0500. The highest BCUT2D eigenvalue weighted by molar-refractivity contribution is 6.25. The maximum absolute atomic E-state index is 5.56. The molecule has 1 unspecified atom stereocenters. The van der Waals surface area contributed by atoms with Gasteiger partial charge < -0.3 is 5.32 Å². The van der Waals surface area contributed by atoms with Crippen molar-refractivity contribution < 1.29 is 0 Å². The molecule has 0 saturated carbocycles. The van der Waals surface area contributed by atoms with Gasteiger partial charge in [0.1, 0.15) is 0 Å². The summed E-state index contributed by atoms with van der Waals surface area (Å²) in [6.45, 7) is 9.93. The van der Waals surface area contributed by atoms with Gasteiger partial charge in [-0.1, -0.05) is 17.7 Å². The fourth-order valence-electron chi connectivity index (χ4n) is 1.94. The zero-order chi connectivity index (χ0) is 10.6. The van der Waals surface area contributed by atoms with E-state index in [-0.39, 0.29) is 5.54 Å². The van der Waals surface area contributed by atoms with Gasteiger partial charge in [-0.3, -0.25) is 4.90 Å². The lowest BCUT2D eigenvalue weighted by Gasteiger charge is -2.32. The minimum atomic E-state index is 0.213. The van der Waals surface area contributed by atoms with Gasteiger partial charge in [0.2, 0.25) is 0 Å². The molecular weight excluding hydrogens is 196 g/mol. The average Bonchev–Trinajstić information content (AvgIpc) is 2.22. The van der Waals surface area contributed by atoms with Crippen LogP contribution in [0.2, 0.25) is 0 Å². The highest BCUT2D eigenvalue weighted by Gasteiger charge is 2.26. The molecule has 1 atom stereocenters. The molecule has 0 spiro atoms. The number of halogens is 1. The van der Waals surface area contributed by atoms with Crippen LogP contribution in [0.1, 0.15) is 27.2 Å². The highest BCUT2D eigenvalue weighted by Crippen LogP contribution is 2.15. The fourth-order valence-corrected chi connectivity index (χ4v) is 2.02. The zero-order valence-corrected chi connectivity index (χ0v) is 10.1. The Labute approximate surface area is 92.3 Å². The fraction of sp³-hybridized carbons (Fsp3) is 0.818. The summed E-state index contributed by atoms with van der Waals surface area (Å²) in [7, 11) is 0. The molecule has 1 fully saturated rings. The van der Waals surface area contributed by atoms with Crippen LogP contribution in [-0.4, -0.2) is 36.1 Å². The number of nitrogens with one attached hydrogen (secondary N) is 1. The van der Waals surface area contributed by atoms with Gasteiger partial charge in [0.25, 0.3) is 0 Å². The minimum absolute atomic E-state index is 0.213. The molecule has 14 heavy (non-hydrogen) atoms. The smallest absolute Gasteiger partial charge is 0.0252 e. The Morgan fingerprint density at radius 3 is 2.93 bits per heavy atom. The molecule has 1 aliphatic rings. The number of nitrogens with zero attached hydrogens (tertiary/aromatic N) is 1. The molecule has 1 heterocycles. The monoisotopic (exact) mass is 216 g/mol. The summed E-state index contributed by atoms with van der Waals surface area (Å²) in [5.74, 6) is 0. The zero-order valence-electron chi connectivity index (χ0n) is 9.39. The number of hydrogen-bond donors (Lipinski definition) is 1. The van der Waals surface area contributed by atoms with Crippen molar-refractivity contribution in [2.45, 2.75) is 38.8 Å². The van der Waals surface area contributed by atoms with Crippen molar-refractivity contribution in [1.29, 1.82) is 0 Å². The second kappa shape index (κ2) is 5.15. The lowest BCUT2D eigenvalue weighted by Crippen LogP contribution is -2.47. The quantitative estimate of drug-likeness (QED) is 0.762. The second-order valence-corrected chi connectivity index (χ2v) is 4.99. The summed E-state index contributed by atoms with van der Waals surface area (Å²) in [5.41, 5.74) is 1.82. The topological polar surface area (TPSA) is 15.3 Å². The van der Waals surface area contributed by atoms with Crippen molar-refractivity contribution >= 4 is 11.6 Å². The number of rotatable bonds is 2. The van der Waals surface area contributed by atoms with E-state index < -0.39 is 0 Å². The molecular formula is C11H21ClN2. The van der Waals surface area contributed by atoms with Crippen molar-refractivity contribution in [1.82, 2.24) is 10.2 Å². The molecule has 0 aliphatic carbocycles. The van der Waals surface area contributed by atoms with Crippen molar-refractivity contribution in [2.75, 3.05) is 19.6 Å². The average molecular weight is 217 g/mol. The minimum Gasteiger partial charge on any atom is -0.310 e. The second-order valence-electron chi connectivity index (χ2n) is 4.74. The third-order valence-corrected chi connectivity index (χ3v) is 2.99. The molecule has 0 aromatic carbocycles. The molecule has 0 aromatic heterocycles. The first-order valence-corrected chi connectivity index (χ1v) is 5.73. The van der Waals surface area contributed by atoms with Crippen molar-refractivity contribution in [3.8, 4) is 0 Å². The highest BCUT2D eigenvalue weighted by atomic mass is 35.5. The standard InChI is InChI=1S/C11H21ClN2/c1-10-5-7-13-11(2,3)9-14(10)8-4-6-12/h4,6,10,13H,5,7-9H2,1-3H3/b6-4+. The van der Waals surface area contributed by atoms with Gasteiger partial charge >= 0.3 is 0 Å². The molecule has 1 saturated heterocycles. The first-order chi connectivity index (χ1) is 6.55. The predicted molar refractivity (Wildman–Crippen MR) is 62.7 cm³/mol. The predicted octanol–water partition coefficient (Wildman–Crippen LogP) is 2.20. The van der Waals surface area contributed by atoms with Crippen LogP contribution >= 0.6 is 11.6 Å². The molecule has 0 aromatic rings.